The van der Waals surface area contributed by atoms with E-state index in [-0.39, 0.29) is 18.4 Å². The Bertz CT molecular complexity index is 643. The molecule has 1 aliphatic heterocycles. The number of hydrogen-bond acceptors (Lipinski definition) is 3. The maximum absolute atomic E-state index is 12.6. The molecule has 1 aliphatic rings. The predicted octanol–water partition coefficient (Wildman–Crippen LogP) is 1.28. The number of nitrogens with one attached hydrogen (secondary N) is 1. The van der Waals surface area contributed by atoms with Crippen molar-refractivity contribution in [2.75, 3.05) is 6.54 Å². The van der Waals surface area contributed by atoms with Crippen molar-refractivity contribution in [2.24, 2.45) is 0 Å². The Balaban J connectivity index is 1.82. The third kappa shape index (κ3) is 2.91. The lowest BCUT2D eigenvalue weighted by Gasteiger charge is -2.32. The van der Waals surface area contributed by atoms with Crippen molar-refractivity contribution in [1.82, 2.24) is 15.2 Å². The fourth-order valence-electron chi connectivity index (χ4n) is 2.42. The van der Waals surface area contributed by atoms with Crippen LogP contribution < -0.4 is 5.32 Å². The van der Waals surface area contributed by atoms with E-state index in [0.29, 0.717) is 6.54 Å². The molecule has 0 bridgehead atoms. The second-order valence-electron chi connectivity index (χ2n) is 4.97. The van der Waals surface area contributed by atoms with Crippen LogP contribution in [0.15, 0.2) is 54.9 Å². The minimum atomic E-state index is -0.607. The van der Waals surface area contributed by atoms with Gasteiger partial charge in [-0.3, -0.25) is 14.6 Å². The Hall–Kier alpha value is -2.69. The van der Waals surface area contributed by atoms with Crippen molar-refractivity contribution in [1.29, 1.82) is 0 Å². The summed E-state index contributed by atoms with van der Waals surface area (Å²) in [6.45, 7) is 0.473. The lowest BCUT2D eigenvalue weighted by molar-refractivity contribution is -0.145. The van der Waals surface area contributed by atoms with Crippen LogP contribution in [0.3, 0.4) is 0 Å². The van der Waals surface area contributed by atoms with Gasteiger partial charge in [0.1, 0.15) is 6.04 Å². The molecule has 106 valence electrons. The molecule has 1 unspecified atom stereocenters. The van der Waals surface area contributed by atoms with Crippen molar-refractivity contribution in [3.05, 3.63) is 66.0 Å². The van der Waals surface area contributed by atoms with E-state index in [1.807, 2.05) is 42.5 Å². The van der Waals surface area contributed by atoms with Crippen LogP contribution in [-0.4, -0.2) is 28.2 Å². The molecule has 0 saturated carbocycles. The number of amides is 2. The number of benzene rings is 1. The average Bonchev–Trinajstić information content (AvgIpc) is 2.52. The van der Waals surface area contributed by atoms with Gasteiger partial charge in [-0.25, -0.2) is 0 Å². The van der Waals surface area contributed by atoms with Gasteiger partial charge in [-0.05, 0) is 17.2 Å². The van der Waals surface area contributed by atoms with Gasteiger partial charge < -0.3 is 10.2 Å². The highest BCUT2D eigenvalue weighted by atomic mass is 16.2. The summed E-state index contributed by atoms with van der Waals surface area (Å²) in [5.74, 6) is -0.239. The third-order valence-corrected chi connectivity index (χ3v) is 3.43. The molecule has 0 aliphatic carbocycles. The van der Waals surface area contributed by atoms with Crippen LogP contribution >= 0.6 is 0 Å². The van der Waals surface area contributed by atoms with E-state index >= 15 is 0 Å². The number of rotatable bonds is 3. The molecule has 1 saturated heterocycles. The van der Waals surface area contributed by atoms with Gasteiger partial charge in [-0.15, -0.1) is 0 Å². The topological polar surface area (TPSA) is 62.3 Å². The van der Waals surface area contributed by atoms with Crippen LogP contribution in [0.25, 0.3) is 0 Å². The van der Waals surface area contributed by atoms with Crippen LogP contribution in [-0.2, 0) is 16.1 Å². The first-order valence-corrected chi connectivity index (χ1v) is 6.76. The highest BCUT2D eigenvalue weighted by Gasteiger charge is 2.33. The van der Waals surface area contributed by atoms with Crippen LogP contribution in [0.4, 0.5) is 0 Å². The normalized spacial score (nSPS) is 18.5. The summed E-state index contributed by atoms with van der Waals surface area (Å²) in [6.07, 6.45) is 3.39. The van der Waals surface area contributed by atoms with E-state index < -0.39 is 6.04 Å². The number of hydrogen-bond donors (Lipinski definition) is 1. The standard InChI is InChI=1S/C16H15N3O2/c20-14-11-19(10-12-5-4-8-17-9-12)16(21)15(18-14)13-6-2-1-3-7-13/h1-9,15H,10-11H2,(H,18,20). The number of nitrogens with zero attached hydrogens (tertiary/aromatic N) is 2. The van der Waals surface area contributed by atoms with Crippen LogP contribution in [0.2, 0.25) is 0 Å². The van der Waals surface area contributed by atoms with E-state index in [1.54, 1.807) is 17.3 Å². The van der Waals surface area contributed by atoms with Crippen molar-refractivity contribution in [3.63, 3.8) is 0 Å². The Kier molecular flexibility index (Phi) is 3.64. The molecule has 21 heavy (non-hydrogen) atoms. The van der Waals surface area contributed by atoms with E-state index in [0.717, 1.165) is 11.1 Å². The molecular formula is C16H15N3O2. The zero-order chi connectivity index (χ0) is 14.7. The van der Waals surface area contributed by atoms with Gasteiger partial charge in [-0.2, -0.15) is 0 Å². The zero-order valence-electron chi connectivity index (χ0n) is 11.4. The maximum Gasteiger partial charge on any atom is 0.250 e. The molecule has 0 radical (unpaired) electrons. The predicted molar refractivity (Wildman–Crippen MR) is 77.0 cm³/mol. The van der Waals surface area contributed by atoms with Gasteiger partial charge in [-0.1, -0.05) is 36.4 Å². The van der Waals surface area contributed by atoms with Crippen LogP contribution in [0.1, 0.15) is 17.2 Å². The maximum atomic E-state index is 12.6. The van der Waals surface area contributed by atoms with Crippen LogP contribution in [0, 0.1) is 0 Å². The molecule has 1 aromatic heterocycles. The van der Waals surface area contributed by atoms with Gasteiger partial charge >= 0.3 is 0 Å². The van der Waals surface area contributed by atoms with Gasteiger partial charge in [0.25, 0.3) is 5.91 Å². The summed E-state index contributed by atoms with van der Waals surface area (Å²) in [6, 6.07) is 12.4. The summed E-state index contributed by atoms with van der Waals surface area (Å²) in [5.41, 5.74) is 1.71. The summed E-state index contributed by atoms with van der Waals surface area (Å²) >= 11 is 0. The van der Waals surface area contributed by atoms with E-state index in [2.05, 4.69) is 10.3 Å². The summed E-state index contributed by atoms with van der Waals surface area (Å²) < 4.78 is 0. The Labute approximate surface area is 122 Å². The van der Waals surface area contributed by atoms with Crippen LogP contribution in [0.5, 0.6) is 0 Å². The van der Waals surface area contributed by atoms with Crippen molar-refractivity contribution in [3.8, 4) is 0 Å². The minimum Gasteiger partial charge on any atom is -0.339 e. The fourth-order valence-corrected chi connectivity index (χ4v) is 2.42. The molecule has 0 spiro atoms. The Morgan fingerprint density at radius 3 is 2.67 bits per heavy atom. The zero-order valence-corrected chi connectivity index (χ0v) is 11.4. The number of aromatic nitrogens is 1. The van der Waals surface area contributed by atoms with Crippen molar-refractivity contribution >= 4 is 11.8 Å². The van der Waals surface area contributed by atoms with Crippen molar-refractivity contribution in [2.45, 2.75) is 12.6 Å². The second-order valence-corrected chi connectivity index (χ2v) is 4.97. The third-order valence-electron chi connectivity index (χ3n) is 3.43. The second kappa shape index (κ2) is 5.75. The monoisotopic (exact) mass is 281 g/mol. The number of pyridine rings is 1. The average molecular weight is 281 g/mol. The number of carbonyl (C=O) groups is 2. The number of piperazine rings is 1. The van der Waals surface area contributed by atoms with Crippen molar-refractivity contribution < 1.29 is 9.59 Å². The first kappa shape index (κ1) is 13.3. The number of carbonyl (C=O) groups excluding carboxylic acids is 2. The lowest BCUT2D eigenvalue weighted by atomic mass is 10.0. The molecule has 1 fully saturated rings. The van der Waals surface area contributed by atoms with Gasteiger partial charge in [0.05, 0.1) is 6.54 Å². The first-order chi connectivity index (χ1) is 10.2. The van der Waals surface area contributed by atoms with E-state index in [9.17, 15) is 9.59 Å². The summed E-state index contributed by atoms with van der Waals surface area (Å²) in [5, 5.41) is 2.75. The lowest BCUT2D eigenvalue weighted by Crippen LogP contribution is -2.52. The molecule has 1 atom stereocenters. The summed E-state index contributed by atoms with van der Waals surface area (Å²) in [7, 11) is 0. The SMILES string of the molecule is O=C1CN(Cc2cccnc2)C(=O)C(c2ccccc2)N1. The minimum absolute atomic E-state index is 0.0804. The Morgan fingerprint density at radius 2 is 1.95 bits per heavy atom. The van der Waals surface area contributed by atoms with E-state index in [1.165, 1.54) is 0 Å². The molecule has 3 rings (SSSR count). The fraction of sp³-hybridized carbons (Fsp3) is 0.188. The van der Waals surface area contributed by atoms with E-state index in [4.69, 9.17) is 0 Å². The molecule has 1 aromatic carbocycles. The molecule has 2 aromatic rings. The van der Waals surface area contributed by atoms with Gasteiger partial charge in [0.2, 0.25) is 5.91 Å². The molecule has 5 heteroatoms. The first-order valence-electron chi connectivity index (χ1n) is 6.76. The summed E-state index contributed by atoms with van der Waals surface area (Å²) in [4.78, 5) is 30.0. The largest absolute Gasteiger partial charge is 0.339 e. The molecule has 2 heterocycles. The molecule has 5 nitrogen and oxygen atoms in total. The molecule has 2 amide bonds. The highest BCUT2D eigenvalue weighted by Crippen LogP contribution is 2.20. The molecular weight excluding hydrogens is 266 g/mol. The smallest absolute Gasteiger partial charge is 0.250 e. The Morgan fingerprint density at radius 1 is 1.14 bits per heavy atom. The highest BCUT2D eigenvalue weighted by molar-refractivity contribution is 5.95. The van der Waals surface area contributed by atoms with Gasteiger partial charge in [0.15, 0.2) is 0 Å². The van der Waals surface area contributed by atoms with Gasteiger partial charge in [0, 0.05) is 18.9 Å². The quantitative estimate of drug-likeness (QED) is 0.922. The molecule has 1 N–H and O–H groups in total.